The molecule has 84 valence electrons. The van der Waals surface area contributed by atoms with Crippen molar-refractivity contribution >= 4 is 15.9 Å². The molecule has 1 aromatic rings. The van der Waals surface area contributed by atoms with Crippen LogP contribution in [0.15, 0.2) is 17.3 Å². The number of hydrogen-bond donors (Lipinski definition) is 4. The molecule has 0 amide bonds. The molecule has 0 aliphatic heterocycles. The van der Waals surface area contributed by atoms with Gasteiger partial charge in [0.25, 0.3) is 0 Å². The largest absolute Gasteiger partial charge is 0.388 e. The van der Waals surface area contributed by atoms with E-state index in [0.29, 0.717) is 12.8 Å². The van der Waals surface area contributed by atoms with Crippen LogP contribution in [0.2, 0.25) is 0 Å². The van der Waals surface area contributed by atoms with Crippen LogP contribution in [0.3, 0.4) is 0 Å². The molecule has 0 saturated carbocycles. The van der Waals surface area contributed by atoms with Gasteiger partial charge in [0.15, 0.2) is 0 Å². The lowest BCUT2D eigenvalue weighted by Crippen LogP contribution is -2.25. The van der Waals surface area contributed by atoms with Crippen molar-refractivity contribution < 1.29 is 8.42 Å². The van der Waals surface area contributed by atoms with Crippen molar-refractivity contribution in [2.45, 2.75) is 17.7 Å². The fraction of sp³-hybridized carbons (Fsp3) is 0.429. The van der Waals surface area contributed by atoms with Gasteiger partial charge in [-0.25, -0.2) is 13.1 Å². The number of nitrogens with zero attached hydrogens (tertiary/aromatic N) is 1. The molecule has 0 atom stereocenters. The van der Waals surface area contributed by atoms with E-state index in [0.717, 1.165) is 0 Å². The minimum atomic E-state index is -3.47. The first-order valence-electron chi connectivity index (χ1n) is 4.34. The average Bonchev–Trinajstić information content (AvgIpc) is 2.65. The number of sulfonamides is 1. The molecule has 0 fully saturated rings. The molecule has 1 aromatic heterocycles. The van der Waals surface area contributed by atoms with Crippen molar-refractivity contribution in [3.05, 3.63) is 12.4 Å². The summed E-state index contributed by atoms with van der Waals surface area (Å²) in [7, 11) is -3.47. The molecule has 8 heteroatoms. The van der Waals surface area contributed by atoms with E-state index in [2.05, 4.69) is 14.9 Å². The monoisotopic (exact) mass is 231 g/mol. The van der Waals surface area contributed by atoms with E-state index in [4.69, 9.17) is 11.1 Å². The van der Waals surface area contributed by atoms with Crippen LogP contribution in [-0.4, -0.2) is 31.0 Å². The first-order valence-corrected chi connectivity index (χ1v) is 5.82. The maximum Gasteiger partial charge on any atom is 0.243 e. The molecule has 0 saturated heterocycles. The second kappa shape index (κ2) is 4.89. The number of hydrogen-bond acceptors (Lipinski definition) is 4. The van der Waals surface area contributed by atoms with Gasteiger partial charge in [-0.2, -0.15) is 5.10 Å². The second-order valence-corrected chi connectivity index (χ2v) is 4.73. The lowest BCUT2D eigenvalue weighted by Gasteiger charge is -2.03. The van der Waals surface area contributed by atoms with E-state index in [1.165, 1.54) is 12.4 Å². The van der Waals surface area contributed by atoms with Gasteiger partial charge in [0.1, 0.15) is 4.90 Å². The summed E-state index contributed by atoms with van der Waals surface area (Å²) in [5, 5.41) is 12.9. The van der Waals surface area contributed by atoms with Crippen LogP contribution in [0, 0.1) is 5.41 Å². The predicted octanol–water partition coefficient (Wildman–Crippen LogP) is -0.596. The van der Waals surface area contributed by atoms with E-state index in [1.807, 2.05) is 0 Å². The maximum absolute atomic E-state index is 11.5. The van der Waals surface area contributed by atoms with Crippen LogP contribution >= 0.6 is 0 Å². The zero-order chi connectivity index (χ0) is 11.3. The summed E-state index contributed by atoms with van der Waals surface area (Å²) < 4.78 is 25.3. The minimum absolute atomic E-state index is 0.0532. The first kappa shape index (κ1) is 11.7. The van der Waals surface area contributed by atoms with Crippen molar-refractivity contribution in [3.63, 3.8) is 0 Å². The van der Waals surface area contributed by atoms with E-state index in [9.17, 15) is 8.42 Å². The Labute approximate surface area is 87.6 Å². The predicted molar refractivity (Wildman–Crippen MR) is 54.9 cm³/mol. The van der Waals surface area contributed by atoms with Crippen molar-refractivity contribution in [2.75, 3.05) is 6.54 Å². The molecule has 7 nitrogen and oxygen atoms in total. The van der Waals surface area contributed by atoms with Crippen molar-refractivity contribution in [3.8, 4) is 0 Å². The Morgan fingerprint density at radius 3 is 2.93 bits per heavy atom. The van der Waals surface area contributed by atoms with Gasteiger partial charge in [-0.05, 0) is 6.42 Å². The number of aromatic nitrogens is 2. The van der Waals surface area contributed by atoms with Gasteiger partial charge < -0.3 is 5.73 Å². The summed E-state index contributed by atoms with van der Waals surface area (Å²) in [6.07, 6.45) is 3.42. The fourth-order valence-electron chi connectivity index (χ4n) is 0.955. The molecular weight excluding hydrogens is 218 g/mol. The topological polar surface area (TPSA) is 125 Å². The molecule has 5 N–H and O–H groups in total. The van der Waals surface area contributed by atoms with Gasteiger partial charge in [-0.15, -0.1) is 0 Å². The Morgan fingerprint density at radius 1 is 1.67 bits per heavy atom. The van der Waals surface area contributed by atoms with Crippen molar-refractivity contribution in [2.24, 2.45) is 5.73 Å². The molecule has 15 heavy (non-hydrogen) atoms. The normalized spacial score (nSPS) is 11.5. The highest BCUT2D eigenvalue weighted by molar-refractivity contribution is 7.89. The number of aromatic amines is 1. The summed E-state index contributed by atoms with van der Waals surface area (Å²) in [6.45, 7) is 0.257. The van der Waals surface area contributed by atoms with Gasteiger partial charge in [0.05, 0.1) is 12.0 Å². The Hall–Kier alpha value is -1.41. The van der Waals surface area contributed by atoms with Crippen LogP contribution in [0.25, 0.3) is 0 Å². The third-order valence-corrected chi connectivity index (χ3v) is 3.13. The molecule has 0 spiro atoms. The van der Waals surface area contributed by atoms with E-state index >= 15 is 0 Å². The Kier molecular flexibility index (Phi) is 3.81. The van der Waals surface area contributed by atoms with Crippen LogP contribution < -0.4 is 10.5 Å². The molecular formula is C7H13N5O2S. The molecule has 0 aromatic carbocycles. The minimum Gasteiger partial charge on any atom is -0.388 e. The summed E-state index contributed by atoms with van der Waals surface area (Å²) in [5.41, 5.74) is 5.13. The summed E-state index contributed by atoms with van der Waals surface area (Å²) in [4.78, 5) is 0.102. The summed E-state index contributed by atoms with van der Waals surface area (Å²) in [6, 6.07) is 0. The van der Waals surface area contributed by atoms with Crippen LogP contribution in [-0.2, 0) is 10.0 Å². The SMILES string of the molecule is N=C(N)CCCNS(=O)(=O)c1cn[nH]c1. The number of amidine groups is 1. The zero-order valence-electron chi connectivity index (χ0n) is 8.03. The molecule has 1 heterocycles. The lowest BCUT2D eigenvalue weighted by atomic mass is 10.3. The second-order valence-electron chi connectivity index (χ2n) is 2.96. The molecule has 1 rings (SSSR count). The molecule has 0 aliphatic rings. The van der Waals surface area contributed by atoms with Crippen molar-refractivity contribution in [1.82, 2.24) is 14.9 Å². The highest BCUT2D eigenvalue weighted by atomic mass is 32.2. The van der Waals surface area contributed by atoms with E-state index < -0.39 is 10.0 Å². The first-order chi connectivity index (χ1) is 7.02. The highest BCUT2D eigenvalue weighted by Gasteiger charge is 2.13. The van der Waals surface area contributed by atoms with Crippen LogP contribution in [0.4, 0.5) is 0 Å². The summed E-state index contributed by atoms with van der Waals surface area (Å²) >= 11 is 0. The molecule has 0 unspecified atom stereocenters. The fourth-order valence-corrected chi connectivity index (χ4v) is 1.93. The van der Waals surface area contributed by atoms with Gasteiger partial charge in [-0.1, -0.05) is 0 Å². The number of rotatable bonds is 6. The van der Waals surface area contributed by atoms with E-state index in [1.54, 1.807) is 0 Å². The smallest absolute Gasteiger partial charge is 0.243 e. The third-order valence-electron chi connectivity index (χ3n) is 1.70. The third kappa shape index (κ3) is 3.68. The van der Waals surface area contributed by atoms with E-state index in [-0.39, 0.29) is 17.3 Å². The van der Waals surface area contributed by atoms with Gasteiger partial charge in [-0.3, -0.25) is 10.5 Å². The standard InChI is InChI=1S/C7H13N5O2S/c8-7(9)2-1-3-12-15(13,14)6-4-10-11-5-6/h4-5,12H,1-3H2,(H3,8,9)(H,10,11). The quantitative estimate of drug-likeness (QED) is 0.296. The molecule has 0 radical (unpaired) electrons. The Morgan fingerprint density at radius 2 is 2.40 bits per heavy atom. The van der Waals surface area contributed by atoms with Gasteiger partial charge in [0, 0.05) is 19.2 Å². The number of H-pyrrole nitrogens is 1. The van der Waals surface area contributed by atoms with Crippen LogP contribution in [0.1, 0.15) is 12.8 Å². The average molecular weight is 231 g/mol. The van der Waals surface area contributed by atoms with Gasteiger partial charge >= 0.3 is 0 Å². The Balaban J connectivity index is 2.42. The Bertz CT molecular complexity index is 411. The van der Waals surface area contributed by atoms with Gasteiger partial charge in [0.2, 0.25) is 10.0 Å². The maximum atomic E-state index is 11.5. The number of nitrogens with two attached hydrogens (primary N) is 1. The highest BCUT2D eigenvalue weighted by Crippen LogP contribution is 2.03. The molecule has 0 aliphatic carbocycles. The summed E-state index contributed by atoms with van der Waals surface area (Å²) in [5.74, 6) is 0.0532. The lowest BCUT2D eigenvalue weighted by molar-refractivity contribution is 0.580. The number of nitrogens with one attached hydrogen (secondary N) is 3. The van der Waals surface area contributed by atoms with Crippen LogP contribution in [0.5, 0.6) is 0 Å². The molecule has 0 bridgehead atoms. The zero-order valence-corrected chi connectivity index (χ0v) is 8.84. The van der Waals surface area contributed by atoms with Crippen molar-refractivity contribution in [1.29, 1.82) is 5.41 Å².